The number of aromatic nitrogens is 2. The van der Waals surface area contributed by atoms with Crippen LogP contribution in [-0.2, 0) is 12.6 Å². The molecule has 0 aromatic carbocycles. The maximum Gasteiger partial charge on any atom is 0.433 e. The Morgan fingerprint density at radius 2 is 1.92 bits per heavy atom. The highest BCUT2D eigenvalue weighted by atomic mass is 19.4. The fourth-order valence-electron chi connectivity index (χ4n) is 0.933. The Kier molecular flexibility index (Phi) is 2.54. The average molecular weight is 190 g/mol. The Morgan fingerprint density at radius 1 is 1.31 bits per heavy atom. The van der Waals surface area contributed by atoms with Gasteiger partial charge in [-0.15, -0.1) is 0 Å². The van der Waals surface area contributed by atoms with Crippen molar-refractivity contribution in [1.82, 2.24) is 9.97 Å². The van der Waals surface area contributed by atoms with E-state index in [1.165, 1.54) is 6.92 Å². The normalized spacial score (nSPS) is 11.8. The van der Waals surface area contributed by atoms with Crippen molar-refractivity contribution in [2.45, 2.75) is 26.4 Å². The highest BCUT2D eigenvalue weighted by molar-refractivity contribution is 5.12. The van der Waals surface area contributed by atoms with Gasteiger partial charge in [-0.25, -0.2) is 9.97 Å². The molecule has 1 aromatic heterocycles. The van der Waals surface area contributed by atoms with Crippen LogP contribution in [0.3, 0.4) is 0 Å². The van der Waals surface area contributed by atoms with Gasteiger partial charge in [-0.3, -0.25) is 0 Å². The first-order valence-corrected chi connectivity index (χ1v) is 3.85. The number of hydrogen-bond acceptors (Lipinski definition) is 2. The molecular weight excluding hydrogens is 181 g/mol. The molecule has 0 spiro atoms. The number of alkyl halides is 3. The summed E-state index contributed by atoms with van der Waals surface area (Å²) in [7, 11) is 0. The minimum atomic E-state index is -4.38. The van der Waals surface area contributed by atoms with E-state index in [0.717, 1.165) is 6.07 Å². The highest BCUT2D eigenvalue weighted by Gasteiger charge is 2.33. The van der Waals surface area contributed by atoms with E-state index >= 15 is 0 Å². The first kappa shape index (κ1) is 9.95. The van der Waals surface area contributed by atoms with E-state index in [2.05, 4.69) is 9.97 Å². The van der Waals surface area contributed by atoms with Crippen LogP contribution in [0.1, 0.15) is 24.1 Å². The molecule has 0 aliphatic heterocycles. The van der Waals surface area contributed by atoms with E-state index in [4.69, 9.17) is 0 Å². The van der Waals surface area contributed by atoms with Gasteiger partial charge in [0, 0.05) is 12.1 Å². The summed E-state index contributed by atoms with van der Waals surface area (Å²) in [6, 6.07) is 0.944. The minimum absolute atomic E-state index is 0.229. The van der Waals surface area contributed by atoms with E-state index in [1.807, 2.05) is 0 Å². The molecule has 5 heteroatoms. The second kappa shape index (κ2) is 3.32. The number of hydrogen-bond donors (Lipinski definition) is 0. The summed E-state index contributed by atoms with van der Waals surface area (Å²) in [5, 5.41) is 0. The summed E-state index contributed by atoms with van der Waals surface area (Å²) >= 11 is 0. The van der Waals surface area contributed by atoms with E-state index in [1.54, 1.807) is 6.92 Å². The van der Waals surface area contributed by atoms with E-state index < -0.39 is 11.9 Å². The molecule has 0 radical (unpaired) electrons. The predicted molar refractivity (Wildman–Crippen MR) is 41.1 cm³/mol. The van der Waals surface area contributed by atoms with Crippen molar-refractivity contribution in [3.63, 3.8) is 0 Å². The van der Waals surface area contributed by atoms with Crippen LogP contribution < -0.4 is 0 Å². The summed E-state index contributed by atoms with van der Waals surface area (Å²) in [6.45, 7) is 3.24. The lowest BCUT2D eigenvalue weighted by Crippen LogP contribution is -2.11. The fourth-order valence-corrected chi connectivity index (χ4v) is 0.933. The lowest BCUT2D eigenvalue weighted by Gasteiger charge is -2.07. The third-order valence-electron chi connectivity index (χ3n) is 1.51. The molecule has 13 heavy (non-hydrogen) atoms. The molecule has 0 aliphatic carbocycles. The summed E-state index contributed by atoms with van der Waals surface area (Å²) in [5.74, 6) is 0.229. The Morgan fingerprint density at radius 3 is 2.38 bits per heavy atom. The molecular formula is C8H9F3N2. The van der Waals surface area contributed by atoms with Gasteiger partial charge in [-0.1, -0.05) is 6.92 Å². The number of halogens is 3. The van der Waals surface area contributed by atoms with Crippen molar-refractivity contribution in [3.05, 3.63) is 23.3 Å². The Balaban J connectivity index is 3.16. The lowest BCUT2D eigenvalue weighted by atomic mass is 10.3. The van der Waals surface area contributed by atoms with Crippen LogP contribution in [0.4, 0.5) is 13.2 Å². The van der Waals surface area contributed by atoms with Gasteiger partial charge in [0.1, 0.15) is 11.5 Å². The van der Waals surface area contributed by atoms with Crippen LogP contribution in [0.25, 0.3) is 0 Å². The van der Waals surface area contributed by atoms with Gasteiger partial charge < -0.3 is 0 Å². The Labute approximate surface area is 73.8 Å². The Hall–Kier alpha value is -1.13. The quantitative estimate of drug-likeness (QED) is 0.679. The smallest absolute Gasteiger partial charge is 0.238 e. The van der Waals surface area contributed by atoms with Gasteiger partial charge in [0.15, 0.2) is 0 Å². The van der Waals surface area contributed by atoms with Gasteiger partial charge in [0.05, 0.1) is 0 Å². The lowest BCUT2D eigenvalue weighted by molar-refractivity contribution is -0.141. The molecule has 0 saturated heterocycles. The van der Waals surface area contributed by atoms with Gasteiger partial charge >= 0.3 is 6.18 Å². The zero-order chi connectivity index (χ0) is 10.1. The van der Waals surface area contributed by atoms with Crippen LogP contribution in [0.15, 0.2) is 6.07 Å². The molecule has 0 amide bonds. The van der Waals surface area contributed by atoms with Gasteiger partial charge in [-0.2, -0.15) is 13.2 Å². The van der Waals surface area contributed by atoms with Crippen LogP contribution in [0.2, 0.25) is 0 Å². The maximum atomic E-state index is 12.2. The predicted octanol–water partition coefficient (Wildman–Crippen LogP) is 2.37. The molecule has 0 N–H and O–H groups in total. The van der Waals surface area contributed by atoms with Crippen molar-refractivity contribution in [1.29, 1.82) is 0 Å². The molecule has 0 aliphatic rings. The van der Waals surface area contributed by atoms with Crippen molar-refractivity contribution < 1.29 is 13.2 Å². The van der Waals surface area contributed by atoms with E-state index in [-0.39, 0.29) is 5.82 Å². The van der Waals surface area contributed by atoms with Crippen molar-refractivity contribution in [3.8, 4) is 0 Å². The highest BCUT2D eigenvalue weighted by Crippen LogP contribution is 2.27. The second-order valence-electron chi connectivity index (χ2n) is 2.66. The van der Waals surface area contributed by atoms with Crippen LogP contribution >= 0.6 is 0 Å². The van der Waals surface area contributed by atoms with Gasteiger partial charge in [-0.05, 0) is 13.0 Å². The molecule has 0 unspecified atom stereocenters. The van der Waals surface area contributed by atoms with Crippen molar-refractivity contribution in [2.75, 3.05) is 0 Å². The molecule has 2 nitrogen and oxygen atoms in total. The zero-order valence-electron chi connectivity index (χ0n) is 7.31. The first-order valence-electron chi connectivity index (χ1n) is 3.85. The van der Waals surface area contributed by atoms with Crippen LogP contribution in [0, 0.1) is 6.92 Å². The average Bonchev–Trinajstić information content (AvgIpc) is 2.01. The molecule has 1 heterocycles. The molecule has 0 saturated carbocycles. The zero-order valence-corrected chi connectivity index (χ0v) is 7.31. The fraction of sp³-hybridized carbons (Fsp3) is 0.500. The maximum absolute atomic E-state index is 12.2. The largest absolute Gasteiger partial charge is 0.433 e. The SMILES string of the molecule is CCc1nc(C)cc(C(F)(F)F)n1. The summed E-state index contributed by atoms with van der Waals surface area (Å²) in [4.78, 5) is 7.24. The molecule has 0 atom stereocenters. The second-order valence-corrected chi connectivity index (χ2v) is 2.66. The Bertz CT molecular complexity index is 307. The summed E-state index contributed by atoms with van der Waals surface area (Å²) in [6.07, 6.45) is -3.97. The topological polar surface area (TPSA) is 25.8 Å². The van der Waals surface area contributed by atoms with Crippen molar-refractivity contribution >= 4 is 0 Å². The van der Waals surface area contributed by atoms with E-state index in [0.29, 0.717) is 12.1 Å². The van der Waals surface area contributed by atoms with Gasteiger partial charge in [0.25, 0.3) is 0 Å². The van der Waals surface area contributed by atoms with Gasteiger partial charge in [0.2, 0.25) is 0 Å². The third kappa shape index (κ3) is 2.40. The number of aryl methyl sites for hydroxylation is 2. The molecule has 1 aromatic rings. The molecule has 0 fully saturated rings. The standard InChI is InChI=1S/C8H9F3N2/c1-3-7-12-5(2)4-6(13-7)8(9,10)11/h4H,3H2,1-2H3. The van der Waals surface area contributed by atoms with E-state index in [9.17, 15) is 13.2 Å². The van der Waals surface area contributed by atoms with Crippen LogP contribution in [0.5, 0.6) is 0 Å². The number of rotatable bonds is 1. The summed E-state index contributed by atoms with van der Waals surface area (Å²) < 4.78 is 36.6. The molecule has 0 bridgehead atoms. The number of nitrogens with zero attached hydrogens (tertiary/aromatic N) is 2. The molecule has 72 valence electrons. The molecule has 1 rings (SSSR count). The minimum Gasteiger partial charge on any atom is -0.238 e. The monoisotopic (exact) mass is 190 g/mol. The first-order chi connectivity index (χ1) is 5.93. The summed E-state index contributed by atoms with van der Waals surface area (Å²) in [5.41, 5.74) is -0.518. The third-order valence-corrected chi connectivity index (χ3v) is 1.51. The van der Waals surface area contributed by atoms with Crippen molar-refractivity contribution in [2.24, 2.45) is 0 Å². The van der Waals surface area contributed by atoms with Crippen LogP contribution in [-0.4, -0.2) is 9.97 Å².